The highest BCUT2D eigenvalue weighted by Gasteiger charge is 2.56. The van der Waals surface area contributed by atoms with E-state index in [9.17, 15) is 14.4 Å². The molecule has 13 heteroatoms. The average Bonchev–Trinajstić information content (AvgIpc) is 3.75. The van der Waals surface area contributed by atoms with Crippen LogP contribution in [0.1, 0.15) is 36.4 Å². The molecular weight excluding hydrogens is 706 g/mol. The third-order valence-corrected chi connectivity index (χ3v) is 10.6. The van der Waals surface area contributed by atoms with Crippen molar-refractivity contribution in [3.05, 3.63) is 116 Å². The molecule has 3 heterocycles. The van der Waals surface area contributed by atoms with E-state index >= 15 is 0 Å². The number of hydrazone groups is 1. The standard InChI is InChI=1S/C36H26Cl4N6O3/c37-22-12-11-20(27(39)16-22)15-21-7-3-9-26-31(21)42-46(33(26)25-14-13-23(38)17-28(25)40)30(47)18-44-34-32(41-43-44)35(48)45(36(34)49)29-10-4-6-19-5-1-2-8-24(19)29/h1-2,4-6,8,10-17,26,32-34H,3,7,9,18H2/b21-15+/t26-,32+,33-,34-/m0/s1. The van der Waals surface area contributed by atoms with Gasteiger partial charge in [-0.3, -0.25) is 19.4 Å². The summed E-state index contributed by atoms with van der Waals surface area (Å²) < 4.78 is 0. The Morgan fingerprint density at radius 3 is 2.41 bits per heavy atom. The van der Waals surface area contributed by atoms with E-state index in [2.05, 4.69) is 10.3 Å². The summed E-state index contributed by atoms with van der Waals surface area (Å²) in [5.41, 5.74) is 3.67. The fourth-order valence-corrected chi connectivity index (χ4v) is 8.25. The first-order valence-electron chi connectivity index (χ1n) is 15.7. The molecule has 3 amide bonds. The van der Waals surface area contributed by atoms with Gasteiger partial charge in [0.2, 0.25) is 0 Å². The van der Waals surface area contributed by atoms with Gasteiger partial charge in [-0.2, -0.15) is 10.2 Å². The molecule has 1 saturated carbocycles. The number of hydrogen-bond donors (Lipinski definition) is 0. The Morgan fingerprint density at radius 2 is 1.61 bits per heavy atom. The van der Waals surface area contributed by atoms with Crippen molar-refractivity contribution in [3.63, 3.8) is 0 Å². The van der Waals surface area contributed by atoms with Gasteiger partial charge in [-0.05, 0) is 77.8 Å². The smallest absolute Gasteiger partial charge is 0.264 e. The number of allylic oxidation sites excluding steroid dienone is 1. The Bertz CT molecular complexity index is 2160. The fourth-order valence-electron chi connectivity index (χ4n) is 7.27. The molecule has 49 heavy (non-hydrogen) atoms. The van der Waals surface area contributed by atoms with Crippen LogP contribution in [0, 0.1) is 5.92 Å². The number of anilines is 1. The zero-order valence-electron chi connectivity index (χ0n) is 25.6. The summed E-state index contributed by atoms with van der Waals surface area (Å²) in [4.78, 5) is 43.0. The van der Waals surface area contributed by atoms with Gasteiger partial charge in [0.1, 0.15) is 6.54 Å². The first-order chi connectivity index (χ1) is 23.7. The lowest BCUT2D eigenvalue weighted by Gasteiger charge is -2.31. The molecular formula is C36H26Cl4N6O3. The lowest BCUT2D eigenvalue weighted by Crippen LogP contribution is -2.45. The molecule has 0 N–H and O–H groups in total. The average molecular weight is 732 g/mol. The summed E-state index contributed by atoms with van der Waals surface area (Å²) in [5, 5.41) is 19.5. The van der Waals surface area contributed by atoms with Crippen LogP contribution < -0.4 is 4.90 Å². The van der Waals surface area contributed by atoms with Crippen molar-refractivity contribution in [1.29, 1.82) is 0 Å². The zero-order valence-corrected chi connectivity index (χ0v) is 28.7. The molecule has 4 atom stereocenters. The van der Waals surface area contributed by atoms with Gasteiger partial charge in [0.05, 0.1) is 17.4 Å². The predicted molar refractivity (Wildman–Crippen MR) is 191 cm³/mol. The van der Waals surface area contributed by atoms with Crippen molar-refractivity contribution in [1.82, 2.24) is 10.0 Å². The minimum Gasteiger partial charge on any atom is -0.271 e. The maximum Gasteiger partial charge on any atom is 0.264 e. The van der Waals surface area contributed by atoms with Gasteiger partial charge in [0.15, 0.2) is 12.1 Å². The van der Waals surface area contributed by atoms with Crippen LogP contribution in [0.3, 0.4) is 0 Å². The molecule has 0 bridgehead atoms. The van der Waals surface area contributed by atoms with E-state index in [4.69, 9.17) is 51.5 Å². The summed E-state index contributed by atoms with van der Waals surface area (Å²) in [6, 6.07) is 20.8. The Morgan fingerprint density at radius 1 is 0.857 bits per heavy atom. The molecule has 0 unspecified atom stereocenters. The minimum absolute atomic E-state index is 0.168. The third kappa shape index (κ3) is 5.49. The van der Waals surface area contributed by atoms with E-state index in [1.165, 1.54) is 10.0 Å². The summed E-state index contributed by atoms with van der Waals surface area (Å²) in [5.74, 6) is -1.57. The number of benzene rings is 4. The number of fused-ring (bicyclic) bond motifs is 3. The molecule has 1 aliphatic carbocycles. The van der Waals surface area contributed by atoms with Gasteiger partial charge in [-0.25, -0.2) is 9.91 Å². The number of carbonyl (C=O) groups is 3. The highest BCUT2D eigenvalue weighted by molar-refractivity contribution is 6.36. The highest BCUT2D eigenvalue weighted by Crippen LogP contribution is 2.47. The van der Waals surface area contributed by atoms with Crippen molar-refractivity contribution in [3.8, 4) is 0 Å². The predicted octanol–water partition coefficient (Wildman–Crippen LogP) is 8.57. The molecule has 8 rings (SSSR count). The molecule has 9 nitrogen and oxygen atoms in total. The molecule has 1 saturated heterocycles. The quantitative estimate of drug-likeness (QED) is 0.192. The van der Waals surface area contributed by atoms with Gasteiger partial charge in [0, 0.05) is 31.4 Å². The van der Waals surface area contributed by atoms with E-state index in [1.807, 2.05) is 48.5 Å². The van der Waals surface area contributed by atoms with Crippen LogP contribution in [-0.4, -0.2) is 52.1 Å². The topological polar surface area (TPSA) is 98.0 Å². The van der Waals surface area contributed by atoms with Crippen LogP contribution in [-0.2, 0) is 14.4 Å². The van der Waals surface area contributed by atoms with E-state index < -0.39 is 35.8 Å². The van der Waals surface area contributed by atoms with Gasteiger partial charge < -0.3 is 0 Å². The normalized spacial score (nSPS) is 23.9. The molecule has 4 aromatic rings. The maximum absolute atomic E-state index is 14.3. The number of amides is 3. The van der Waals surface area contributed by atoms with Gasteiger partial charge in [-0.15, -0.1) is 0 Å². The van der Waals surface area contributed by atoms with E-state index in [-0.39, 0.29) is 12.5 Å². The first-order valence-corrected chi connectivity index (χ1v) is 17.3. The lowest BCUT2D eigenvalue weighted by molar-refractivity contribution is -0.136. The fraction of sp³-hybridized carbons (Fsp3) is 0.222. The highest BCUT2D eigenvalue weighted by atomic mass is 35.5. The number of hydrogen-bond acceptors (Lipinski definition) is 7. The number of rotatable bonds is 5. The van der Waals surface area contributed by atoms with Crippen LogP contribution >= 0.6 is 46.4 Å². The largest absolute Gasteiger partial charge is 0.271 e. The second kappa shape index (κ2) is 12.6. The number of nitrogens with zero attached hydrogens (tertiary/aromatic N) is 6. The first kappa shape index (κ1) is 32.0. The van der Waals surface area contributed by atoms with Crippen molar-refractivity contribution in [2.75, 3.05) is 11.4 Å². The van der Waals surface area contributed by atoms with Crippen LogP contribution in [0.25, 0.3) is 16.8 Å². The van der Waals surface area contributed by atoms with Crippen molar-refractivity contribution in [2.45, 2.75) is 37.4 Å². The molecule has 246 valence electrons. The van der Waals surface area contributed by atoms with Crippen LogP contribution in [0.5, 0.6) is 0 Å². The molecule has 0 aromatic heterocycles. The van der Waals surface area contributed by atoms with Gasteiger partial charge in [0.25, 0.3) is 17.7 Å². The summed E-state index contributed by atoms with van der Waals surface area (Å²) in [7, 11) is 0. The Kier molecular flexibility index (Phi) is 8.19. The van der Waals surface area contributed by atoms with E-state index in [0.717, 1.165) is 51.8 Å². The number of carbonyl (C=O) groups excluding carboxylic acids is 3. The molecule has 4 aromatic carbocycles. The van der Waals surface area contributed by atoms with Gasteiger partial charge in [-0.1, -0.05) is 100 Å². The molecule has 2 fully saturated rings. The monoisotopic (exact) mass is 730 g/mol. The SMILES string of the molecule is O=C1[C@@H]2[C@@H](N=NN2CC(=O)N2N=C3/C(=C/c4ccc(Cl)cc4Cl)CCC[C@@H]3[C@@H]2c2ccc(Cl)cc2Cl)C(=O)N1c1cccc2ccccc12. The zero-order chi connectivity index (χ0) is 34.0. The molecule has 0 radical (unpaired) electrons. The lowest BCUT2D eigenvalue weighted by atomic mass is 9.77. The number of imide groups is 1. The molecule has 3 aliphatic heterocycles. The number of halogens is 4. The Labute approximate surface area is 301 Å². The summed E-state index contributed by atoms with van der Waals surface area (Å²) in [6.07, 6.45) is 4.35. The van der Waals surface area contributed by atoms with Crippen LogP contribution in [0.4, 0.5) is 5.69 Å². The Balaban J connectivity index is 1.12. The van der Waals surface area contributed by atoms with E-state index in [1.54, 1.807) is 36.4 Å². The van der Waals surface area contributed by atoms with Crippen molar-refractivity contribution < 1.29 is 14.4 Å². The third-order valence-electron chi connectivity index (χ3n) is 9.49. The summed E-state index contributed by atoms with van der Waals surface area (Å²) in [6.45, 7) is -0.333. The second-order valence-corrected chi connectivity index (χ2v) is 14.1. The second-order valence-electron chi connectivity index (χ2n) is 12.4. The summed E-state index contributed by atoms with van der Waals surface area (Å²) >= 11 is 25.7. The van der Waals surface area contributed by atoms with Gasteiger partial charge >= 0.3 is 0 Å². The molecule has 0 spiro atoms. The Hall–Kier alpha value is -4.28. The van der Waals surface area contributed by atoms with E-state index in [0.29, 0.717) is 31.3 Å². The van der Waals surface area contributed by atoms with Crippen molar-refractivity contribution >= 4 is 92.4 Å². The van der Waals surface area contributed by atoms with Crippen LogP contribution in [0.2, 0.25) is 20.1 Å². The van der Waals surface area contributed by atoms with Crippen LogP contribution in [0.15, 0.2) is 99.9 Å². The molecule has 4 aliphatic rings. The maximum atomic E-state index is 14.3. The minimum atomic E-state index is -1.06. The van der Waals surface area contributed by atoms with Crippen molar-refractivity contribution in [2.24, 2.45) is 21.4 Å².